The molecule has 0 aliphatic heterocycles. The van der Waals surface area contributed by atoms with Gasteiger partial charge in [0.05, 0.1) is 18.8 Å². The van der Waals surface area contributed by atoms with E-state index in [1.54, 1.807) is 0 Å². The zero-order valence-corrected chi connectivity index (χ0v) is 11.2. The Labute approximate surface area is 104 Å². The summed E-state index contributed by atoms with van der Waals surface area (Å²) in [4.78, 5) is 0. The highest BCUT2D eigenvalue weighted by Gasteiger charge is 2.06. The summed E-state index contributed by atoms with van der Waals surface area (Å²) in [6.07, 6.45) is -0.317. The summed E-state index contributed by atoms with van der Waals surface area (Å²) in [5.41, 5.74) is 3.48. The van der Waals surface area contributed by atoms with E-state index in [0.717, 1.165) is 5.69 Å². The summed E-state index contributed by atoms with van der Waals surface area (Å²) < 4.78 is 5.36. The normalized spacial score (nSPS) is 12.8. The summed E-state index contributed by atoms with van der Waals surface area (Å²) in [7, 11) is 0. The molecule has 0 amide bonds. The third-order valence-corrected chi connectivity index (χ3v) is 2.54. The van der Waals surface area contributed by atoms with Gasteiger partial charge in [0.25, 0.3) is 0 Å². The first-order valence-corrected chi connectivity index (χ1v) is 6.10. The van der Waals surface area contributed by atoms with E-state index in [9.17, 15) is 5.11 Å². The average molecular weight is 237 g/mol. The minimum Gasteiger partial charge on any atom is -0.389 e. The maximum Gasteiger partial charge on any atom is 0.0945 e. The first-order chi connectivity index (χ1) is 7.99. The monoisotopic (exact) mass is 237 g/mol. The van der Waals surface area contributed by atoms with Crippen molar-refractivity contribution in [2.24, 2.45) is 0 Å². The van der Waals surface area contributed by atoms with Gasteiger partial charge < -0.3 is 15.2 Å². The van der Waals surface area contributed by atoms with Crippen LogP contribution in [-0.4, -0.2) is 30.5 Å². The molecule has 0 saturated carbocycles. The van der Waals surface area contributed by atoms with Gasteiger partial charge in [0.15, 0.2) is 0 Å². The van der Waals surface area contributed by atoms with Gasteiger partial charge in [0.2, 0.25) is 0 Å². The molecule has 0 aromatic heterocycles. The number of nitrogens with one attached hydrogen (secondary N) is 1. The van der Waals surface area contributed by atoms with Crippen LogP contribution >= 0.6 is 0 Å². The second-order valence-electron chi connectivity index (χ2n) is 4.74. The fourth-order valence-electron chi connectivity index (χ4n) is 1.52. The van der Waals surface area contributed by atoms with Crippen molar-refractivity contribution in [2.45, 2.75) is 39.9 Å². The smallest absolute Gasteiger partial charge is 0.0945 e. The molecule has 0 heterocycles. The number of benzene rings is 1. The highest BCUT2D eigenvalue weighted by Crippen LogP contribution is 2.16. The number of ether oxygens (including phenoxy) is 1. The number of anilines is 1. The lowest BCUT2D eigenvalue weighted by atomic mass is 10.1. The molecule has 0 spiro atoms. The van der Waals surface area contributed by atoms with Crippen molar-refractivity contribution in [1.82, 2.24) is 0 Å². The van der Waals surface area contributed by atoms with Crippen molar-refractivity contribution < 1.29 is 9.84 Å². The summed E-state index contributed by atoms with van der Waals surface area (Å²) >= 11 is 0. The minimum atomic E-state index is -0.475. The zero-order chi connectivity index (χ0) is 12.8. The first kappa shape index (κ1) is 14.0. The fourth-order valence-corrected chi connectivity index (χ4v) is 1.52. The van der Waals surface area contributed by atoms with E-state index >= 15 is 0 Å². The molecule has 0 fully saturated rings. The summed E-state index contributed by atoms with van der Waals surface area (Å²) in [5, 5.41) is 13.0. The summed E-state index contributed by atoms with van der Waals surface area (Å²) in [6.45, 7) is 8.92. The van der Waals surface area contributed by atoms with E-state index in [0.29, 0.717) is 13.2 Å². The average Bonchev–Trinajstić information content (AvgIpc) is 2.27. The number of hydrogen-bond donors (Lipinski definition) is 2. The largest absolute Gasteiger partial charge is 0.389 e. The molecule has 2 N–H and O–H groups in total. The van der Waals surface area contributed by atoms with Gasteiger partial charge >= 0.3 is 0 Å². The Morgan fingerprint density at radius 2 is 2.00 bits per heavy atom. The van der Waals surface area contributed by atoms with Crippen LogP contribution in [0.15, 0.2) is 18.2 Å². The number of aliphatic hydroxyl groups is 1. The lowest BCUT2D eigenvalue weighted by Crippen LogP contribution is -2.26. The Morgan fingerprint density at radius 3 is 2.65 bits per heavy atom. The van der Waals surface area contributed by atoms with Crippen molar-refractivity contribution in [2.75, 3.05) is 18.5 Å². The topological polar surface area (TPSA) is 41.5 Å². The maximum atomic E-state index is 9.73. The lowest BCUT2D eigenvalue weighted by molar-refractivity contribution is 0.0112. The van der Waals surface area contributed by atoms with Gasteiger partial charge in [-0.2, -0.15) is 0 Å². The molecule has 17 heavy (non-hydrogen) atoms. The molecule has 1 rings (SSSR count). The van der Waals surface area contributed by atoms with Crippen LogP contribution in [0.5, 0.6) is 0 Å². The van der Waals surface area contributed by atoms with Crippen molar-refractivity contribution in [3.8, 4) is 0 Å². The van der Waals surface area contributed by atoms with Crippen LogP contribution in [0, 0.1) is 13.8 Å². The summed E-state index contributed by atoms with van der Waals surface area (Å²) in [5.74, 6) is 0. The third kappa shape index (κ3) is 5.20. The number of aliphatic hydroxyl groups excluding tert-OH is 1. The predicted octanol–water partition coefficient (Wildman–Crippen LogP) is 2.50. The van der Waals surface area contributed by atoms with E-state index in [1.807, 2.05) is 13.8 Å². The molecule has 0 radical (unpaired) electrons. The second-order valence-corrected chi connectivity index (χ2v) is 4.74. The molecule has 0 bridgehead atoms. The number of hydrogen-bond acceptors (Lipinski definition) is 3. The van der Waals surface area contributed by atoms with Crippen LogP contribution in [0.2, 0.25) is 0 Å². The van der Waals surface area contributed by atoms with Crippen molar-refractivity contribution >= 4 is 5.69 Å². The SMILES string of the molecule is Cc1ccc(C)c(NCC(O)COC(C)C)c1. The van der Waals surface area contributed by atoms with Gasteiger partial charge in [0, 0.05) is 12.2 Å². The van der Waals surface area contributed by atoms with E-state index < -0.39 is 6.10 Å². The van der Waals surface area contributed by atoms with Gasteiger partial charge in [0.1, 0.15) is 0 Å². The Kier molecular flexibility index (Phi) is 5.45. The molecular formula is C14H23NO2. The Morgan fingerprint density at radius 1 is 1.29 bits per heavy atom. The third-order valence-electron chi connectivity index (χ3n) is 2.54. The molecule has 3 nitrogen and oxygen atoms in total. The molecular weight excluding hydrogens is 214 g/mol. The standard InChI is InChI=1S/C14H23NO2/c1-10(2)17-9-13(16)8-15-14-7-11(3)5-6-12(14)4/h5-7,10,13,15-16H,8-9H2,1-4H3. The molecule has 1 unspecified atom stereocenters. The lowest BCUT2D eigenvalue weighted by Gasteiger charge is -2.16. The zero-order valence-electron chi connectivity index (χ0n) is 11.2. The quantitative estimate of drug-likeness (QED) is 0.798. The number of aryl methyl sites for hydroxylation is 2. The Hall–Kier alpha value is -1.06. The van der Waals surface area contributed by atoms with Crippen LogP contribution < -0.4 is 5.32 Å². The molecule has 1 atom stereocenters. The molecule has 3 heteroatoms. The molecule has 0 aliphatic carbocycles. The van der Waals surface area contributed by atoms with E-state index in [-0.39, 0.29) is 6.10 Å². The van der Waals surface area contributed by atoms with Crippen LogP contribution in [0.25, 0.3) is 0 Å². The van der Waals surface area contributed by atoms with Gasteiger partial charge in [-0.15, -0.1) is 0 Å². The second kappa shape index (κ2) is 6.62. The van der Waals surface area contributed by atoms with Gasteiger partial charge in [-0.1, -0.05) is 12.1 Å². The van der Waals surface area contributed by atoms with Crippen molar-refractivity contribution in [3.05, 3.63) is 29.3 Å². The van der Waals surface area contributed by atoms with Crippen LogP contribution in [-0.2, 0) is 4.74 Å². The van der Waals surface area contributed by atoms with Gasteiger partial charge in [-0.3, -0.25) is 0 Å². The van der Waals surface area contributed by atoms with Gasteiger partial charge in [-0.05, 0) is 44.9 Å². The molecule has 1 aromatic rings. The van der Waals surface area contributed by atoms with Crippen LogP contribution in [0.3, 0.4) is 0 Å². The van der Waals surface area contributed by atoms with Crippen LogP contribution in [0.4, 0.5) is 5.69 Å². The molecule has 96 valence electrons. The Bertz CT molecular complexity index is 350. The van der Waals surface area contributed by atoms with Gasteiger partial charge in [-0.25, -0.2) is 0 Å². The maximum absolute atomic E-state index is 9.73. The van der Waals surface area contributed by atoms with Crippen molar-refractivity contribution in [3.63, 3.8) is 0 Å². The van der Waals surface area contributed by atoms with Crippen LogP contribution in [0.1, 0.15) is 25.0 Å². The highest BCUT2D eigenvalue weighted by molar-refractivity contribution is 5.52. The van der Waals surface area contributed by atoms with E-state index in [4.69, 9.17) is 4.74 Å². The van der Waals surface area contributed by atoms with E-state index in [1.165, 1.54) is 11.1 Å². The summed E-state index contributed by atoms with van der Waals surface area (Å²) in [6, 6.07) is 6.25. The minimum absolute atomic E-state index is 0.158. The Balaban J connectivity index is 2.41. The molecule has 0 saturated heterocycles. The highest BCUT2D eigenvalue weighted by atomic mass is 16.5. The predicted molar refractivity (Wildman–Crippen MR) is 71.5 cm³/mol. The fraction of sp³-hybridized carbons (Fsp3) is 0.571. The molecule has 1 aromatic carbocycles. The number of rotatable bonds is 6. The van der Waals surface area contributed by atoms with Crippen molar-refractivity contribution in [1.29, 1.82) is 0 Å². The molecule has 0 aliphatic rings. The first-order valence-electron chi connectivity index (χ1n) is 6.10. The van der Waals surface area contributed by atoms with E-state index in [2.05, 4.69) is 37.4 Å².